The predicted molar refractivity (Wildman–Crippen MR) is 63.8 cm³/mol. The van der Waals surface area contributed by atoms with Gasteiger partial charge in [0, 0.05) is 0 Å². The maximum atomic E-state index is 11.7. The molecule has 96 valence electrons. The van der Waals surface area contributed by atoms with E-state index in [0.717, 1.165) is 0 Å². The van der Waals surface area contributed by atoms with Crippen molar-refractivity contribution in [3.63, 3.8) is 0 Å². The Hall–Kier alpha value is -0.610. The van der Waals surface area contributed by atoms with Gasteiger partial charge in [0.15, 0.2) is 0 Å². The van der Waals surface area contributed by atoms with Gasteiger partial charge in [0.2, 0.25) is 0 Å². The maximum absolute atomic E-state index is 11.7. The molecule has 0 saturated carbocycles. The van der Waals surface area contributed by atoms with Crippen LogP contribution in [0.4, 0.5) is 0 Å². The molecule has 4 heteroatoms. The quantitative estimate of drug-likeness (QED) is 0.539. The lowest BCUT2D eigenvalue weighted by Gasteiger charge is -2.21. The fourth-order valence-electron chi connectivity index (χ4n) is 1.20. The molecule has 0 spiro atoms. The summed E-state index contributed by atoms with van der Waals surface area (Å²) in [4.78, 5) is 17.0. The van der Waals surface area contributed by atoms with Crippen LogP contribution in [0.1, 0.15) is 48.0 Å². The lowest BCUT2D eigenvalue weighted by Crippen LogP contribution is -2.41. The molecule has 4 nitrogen and oxygen atoms in total. The third-order valence-electron chi connectivity index (χ3n) is 1.79. The monoisotopic (exact) mass is 231 g/mol. The Bertz CT molecular complexity index is 202. The Balaban J connectivity index is 4.23. The zero-order valence-corrected chi connectivity index (χ0v) is 11.2. The number of hydrogen-bond donors (Lipinski definition) is 1. The van der Waals surface area contributed by atoms with Crippen molar-refractivity contribution < 1.29 is 14.4 Å². The van der Waals surface area contributed by atoms with Crippen molar-refractivity contribution in [2.45, 2.75) is 66.2 Å². The van der Waals surface area contributed by atoms with Gasteiger partial charge in [-0.05, 0) is 40.0 Å². The molecular weight excluding hydrogens is 206 g/mol. The van der Waals surface area contributed by atoms with Crippen LogP contribution in [0.5, 0.6) is 0 Å². The van der Waals surface area contributed by atoms with Crippen LogP contribution in [0.15, 0.2) is 0 Å². The SMILES string of the molecule is CC(C)C[C@H](NOC(C)C)C(=O)OC(C)C. The van der Waals surface area contributed by atoms with Crippen LogP contribution in [0.3, 0.4) is 0 Å². The van der Waals surface area contributed by atoms with Crippen LogP contribution in [-0.2, 0) is 14.4 Å². The van der Waals surface area contributed by atoms with Gasteiger partial charge in [0.1, 0.15) is 6.04 Å². The Morgan fingerprint density at radius 1 is 1.06 bits per heavy atom. The number of ether oxygens (including phenoxy) is 1. The van der Waals surface area contributed by atoms with Crippen molar-refractivity contribution >= 4 is 5.97 Å². The fourth-order valence-corrected chi connectivity index (χ4v) is 1.20. The van der Waals surface area contributed by atoms with Crippen LogP contribution in [-0.4, -0.2) is 24.2 Å². The van der Waals surface area contributed by atoms with E-state index in [2.05, 4.69) is 19.3 Å². The smallest absolute Gasteiger partial charge is 0.325 e. The third kappa shape index (κ3) is 7.65. The number of carbonyl (C=O) groups excluding carboxylic acids is 1. The molecule has 1 atom stereocenters. The molecule has 0 radical (unpaired) electrons. The zero-order chi connectivity index (χ0) is 12.7. The van der Waals surface area contributed by atoms with Gasteiger partial charge in [-0.15, -0.1) is 0 Å². The molecule has 0 aliphatic heterocycles. The molecule has 0 amide bonds. The van der Waals surface area contributed by atoms with Crippen molar-refractivity contribution in [1.29, 1.82) is 0 Å². The first-order valence-corrected chi connectivity index (χ1v) is 5.94. The normalized spacial score (nSPS) is 13.6. The zero-order valence-electron chi connectivity index (χ0n) is 11.2. The Morgan fingerprint density at radius 3 is 2.00 bits per heavy atom. The highest BCUT2D eigenvalue weighted by molar-refractivity contribution is 5.75. The maximum Gasteiger partial charge on any atom is 0.325 e. The van der Waals surface area contributed by atoms with Crippen LogP contribution < -0.4 is 5.48 Å². The lowest BCUT2D eigenvalue weighted by atomic mass is 10.0. The van der Waals surface area contributed by atoms with Gasteiger partial charge in [-0.1, -0.05) is 13.8 Å². The van der Waals surface area contributed by atoms with Crippen molar-refractivity contribution in [2.75, 3.05) is 0 Å². The van der Waals surface area contributed by atoms with Crippen molar-refractivity contribution in [3.8, 4) is 0 Å². The standard InChI is InChI=1S/C12H25NO3/c1-8(2)7-11(13-16-10(5)6)12(14)15-9(3)4/h8-11,13H,7H2,1-6H3/t11-/m0/s1. The van der Waals surface area contributed by atoms with Crippen LogP contribution in [0.2, 0.25) is 0 Å². The molecule has 0 aromatic carbocycles. The summed E-state index contributed by atoms with van der Waals surface area (Å²) in [5.41, 5.74) is 2.78. The number of nitrogens with one attached hydrogen (secondary N) is 1. The van der Waals surface area contributed by atoms with Crippen LogP contribution in [0, 0.1) is 5.92 Å². The third-order valence-corrected chi connectivity index (χ3v) is 1.79. The minimum absolute atomic E-state index is 0.0431. The van der Waals surface area contributed by atoms with Crippen LogP contribution >= 0.6 is 0 Å². The van der Waals surface area contributed by atoms with E-state index < -0.39 is 0 Å². The van der Waals surface area contributed by atoms with E-state index in [-0.39, 0.29) is 24.2 Å². The summed E-state index contributed by atoms with van der Waals surface area (Å²) in [5, 5.41) is 0. The summed E-state index contributed by atoms with van der Waals surface area (Å²) < 4.78 is 5.16. The van der Waals surface area contributed by atoms with Gasteiger partial charge >= 0.3 is 5.97 Å². The Kier molecular flexibility index (Phi) is 7.34. The summed E-state index contributed by atoms with van der Waals surface area (Å²) >= 11 is 0. The summed E-state index contributed by atoms with van der Waals surface area (Å²) in [6, 6.07) is -0.384. The number of hydrogen-bond acceptors (Lipinski definition) is 4. The first kappa shape index (κ1) is 15.4. The first-order valence-electron chi connectivity index (χ1n) is 5.94. The molecule has 0 unspecified atom stereocenters. The predicted octanol–water partition coefficient (Wildman–Crippen LogP) is 2.28. The molecule has 0 saturated heterocycles. The number of carbonyl (C=O) groups is 1. The van der Waals surface area contributed by atoms with Gasteiger partial charge in [-0.3, -0.25) is 9.63 Å². The largest absolute Gasteiger partial charge is 0.462 e. The summed E-state index contributed by atoms with van der Waals surface area (Å²) in [5.74, 6) is 0.164. The molecule has 16 heavy (non-hydrogen) atoms. The van der Waals surface area contributed by atoms with Gasteiger partial charge < -0.3 is 4.74 Å². The molecular formula is C12H25NO3. The molecule has 0 aliphatic carbocycles. The second-order valence-corrected chi connectivity index (χ2v) is 4.95. The highest BCUT2D eigenvalue weighted by Crippen LogP contribution is 2.08. The van der Waals surface area contributed by atoms with E-state index in [9.17, 15) is 4.79 Å². The van der Waals surface area contributed by atoms with Gasteiger partial charge in [-0.2, -0.15) is 5.48 Å². The van der Waals surface area contributed by atoms with Gasteiger partial charge in [-0.25, -0.2) is 0 Å². The number of rotatable bonds is 7. The average molecular weight is 231 g/mol. The summed E-state index contributed by atoms with van der Waals surface area (Å²) in [7, 11) is 0. The van der Waals surface area contributed by atoms with Crippen molar-refractivity contribution in [2.24, 2.45) is 5.92 Å². The minimum Gasteiger partial charge on any atom is -0.462 e. The highest BCUT2D eigenvalue weighted by Gasteiger charge is 2.22. The molecule has 0 fully saturated rings. The van der Waals surface area contributed by atoms with Crippen LogP contribution in [0.25, 0.3) is 0 Å². The second-order valence-electron chi connectivity index (χ2n) is 4.95. The molecule has 0 bridgehead atoms. The minimum atomic E-state index is -0.384. The first-order chi connectivity index (χ1) is 7.32. The molecule has 0 aliphatic rings. The van der Waals surface area contributed by atoms with Crippen molar-refractivity contribution in [1.82, 2.24) is 5.48 Å². The number of esters is 1. The Labute approximate surface area is 98.6 Å². The average Bonchev–Trinajstić information content (AvgIpc) is 2.09. The highest BCUT2D eigenvalue weighted by atomic mass is 16.7. The molecule has 0 rings (SSSR count). The second kappa shape index (κ2) is 7.63. The van der Waals surface area contributed by atoms with E-state index in [1.54, 1.807) is 0 Å². The van der Waals surface area contributed by atoms with E-state index in [1.165, 1.54) is 0 Å². The Morgan fingerprint density at radius 2 is 1.62 bits per heavy atom. The van der Waals surface area contributed by atoms with Gasteiger partial charge in [0.25, 0.3) is 0 Å². The molecule has 0 aromatic rings. The van der Waals surface area contributed by atoms with E-state index >= 15 is 0 Å². The van der Waals surface area contributed by atoms with Crippen molar-refractivity contribution in [3.05, 3.63) is 0 Å². The summed E-state index contributed by atoms with van der Waals surface area (Å²) in [6.45, 7) is 11.6. The molecule has 0 aromatic heterocycles. The molecule has 0 heterocycles. The molecule has 1 N–H and O–H groups in total. The van der Waals surface area contributed by atoms with E-state index in [1.807, 2.05) is 27.7 Å². The summed E-state index contributed by atoms with van der Waals surface area (Å²) in [6.07, 6.45) is 0.655. The number of hydroxylamine groups is 1. The van der Waals surface area contributed by atoms with Gasteiger partial charge in [0.05, 0.1) is 12.2 Å². The lowest BCUT2D eigenvalue weighted by molar-refractivity contribution is -0.156. The topological polar surface area (TPSA) is 47.6 Å². The van der Waals surface area contributed by atoms with E-state index in [4.69, 9.17) is 9.57 Å². The van der Waals surface area contributed by atoms with E-state index in [0.29, 0.717) is 12.3 Å². The fraction of sp³-hybridized carbons (Fsp3) is 0.917.